The zero-order chi connectivity index (χ0) is 12.5. The Morgan fingerprint density at radius 3 is 2.41 bits per heavy atom. The summed E-state index contributed by atoms with van der Waals surface area (Å²) in [6.45, 7) is 4.47. The van der Waals surface area contributed by atoms with Gasteiger partial charge in [0.05, 0.1) is 18.6 Å². The lowest BCUT2D eigenvalue weighted by Gasteiger charge is -2.39. The monoisotopic (exact) mass is 252 g/mol. The molecule has 2 nitrogen and oxygen atoms in total. The fourth-order valence-electron chi connectivity index (χ4n) is 2.10. The number of thioether (sulfide) groups is 1. The van der Waals surface area contributed by atoms with E-state index in [1.165, 1.54) is 17.5 Å². The average Bonchev–Trinajstić information content (AvgIpc) is 2.27. The van der Waals surface area contributed by atoms with Crippen molar-refractivity contribution < 1.29 is 9.84 Å². The van der Waals surface area contributed by atoms with E-state index in [2.05, 4.69) is 26.0 Å². The number of aryl methyl sites for hydroxylation is 2. The van der Waals surface area contributed by atoms with Gasteiger partial charge in [-0.15, -0.1) is 11.8 Å². The van der Waals surface area contributed by atoms with Crippen molar-refractivity contribution in [3.8, 4) is 5.75 Å². The van der Waals surface area contributed by atoms with Gasteiger partial charge in [0.15, 0.2) is 0 Å². The van der Waals surface area contributed by atoms with E-state index in [0.717, 1.165) is 23.5 Å². The Hall–Kier alpha value is -0.670. The van der Waals surface area contributed by atoms with Gasteiger partial charge in [-0.05, 0) is 49.9 Å². The van der Waals surface area contributed by atoms with Crippen molar-refractivity contribution >= 4 is 11.8 Å². The Balaban J connectivity index is 2.28. The number of hydrogen-bond donors (Lipinski definition) is 1. The Labute approximate surface area is 107 Å². The van der Waals surface area contributed by atoms with Crippen molar-refractivity contribution in [2.45, 2.75) is 42.8 Å². The van der Waals surface area contributed by atoms with Gasteiger partial charge >= 0.3 is 0 Å². The van der Waals surface area contributed by atoms with Crippen molar-refractivity contribution in [3.63, 3.8) is 0 Å². The first-order valence-electron chi connectivity index (χ1n) is 6.05. The largest absolute Gasteiger partial charge is 0.496 e. The number of benzene rings is 1. The summed E-state index contributed by atoms with van der Waals surface area (Å²) >= 11 is 1.78. The molecule has 0 radical (unpaired) electrons. The van der Waals surface area contributed by atoms with E-state index in [1.807, 2.05) is 0 Å². The quantitative estimate of drug-likeness (QED) is 0.891. The zero-order valence-corrected chi connectivity index (χ0v) is 11.6. The van der Waals surface area contributed by atoms with Crippen LogP contribution in [0.3, 0.4) is 0 Å². The summed E-state index contributed by atoms with van der Waals surface area (Å²) < 4.78 is 5.47. The van der Waals surface area contributed by atoms with Crippen LogP contribution in [0.25, 0.3) is 0 Å². The van der Waals surface area contributed by atoms with Crippen LogP contribution in [0.2, 0.25) is 0 Å². The molecule has 0 aliphatic heterocycles. The molecule has 3 heteroatoms. The molecule has 0 unspecified atom stereocenters. The van der Waals surface area contributed by atoms with E-state index in [1.54, 1.807) is 18.9 Å². The number of hydrogen-bond acceptors (Lipinski definition) is 3. The van der Waals surface area contributed by atoms with Gasteiger partial charge in [-0.3, -0.25) is 0 Å². The van der Waals surface area contributed by atoms with Gasteiger partial charge in [0, 0.05) is 4.75 Å². The topological polar surface area (TPSA) is 29.5 Å². The third-order valence-electron chi connectivity index (χ3n) is 3.66. The van der Waals surface area contributed by atoms with Crippen LogP contribution in [0.4, 0.5) is 0 Å². The second kappa shape index (κ2) is 4.91. The molecule has 94 valence electrons. The molecule has 1 aromatic carbocycles. The second-order valence-electron chi connectivity index (χ2n) is 4.88. The highest BCUT2D eigenvalue weighted by molar-refractivity contribution is 8.00. The minimum absolute atomic E-state index is 0.0367. The number of aliphatic hydroxyl groups is 1. The summed E-state index contributed by atoms with van der Waals surface area (Å²) in [5.74, 6) is 0.929. The van der Waals surface area contributed by atoms with Crippen molar-refractivity contribution in [2.24, 2.45) is 0 Å². The lowest BCUT2D eigenvalue weighted by atomic mass is 9.85. The Bertz CT molecular complexity index is 405. The predicted molar refractivity (Wildman–Crippen MR) is 72.0 cm³/mol. The average molecular weight is 252 g/mol. The third kappa shape index (κ3) is 2.45. The molecule has 0 atom stereocenters. The molecular formula is C14H20O2S. The van der Waals surface area contributed by atoms with Crippen LogP contribution in [-0.4, -0.2) is 23.6 Å². The molecular weight excluding hydrogens is 232 g/mol. The van der Waals surface area contributed by atoms with Crippen LogP contribution in [0, 0.1) is 13.8 Å². The molecule has 0 bridgehead atoms. The highest BCUT2D eigenvalue weighted by atomic mass is 32.2. The van der Waals surface area contributed by atoms with Crippen LogP contribution < -0.4 is 4.74 Å². The van der Waals surface area contributed by atoms with Crippen molar-refractivity contribution in [1.29, 1.82) is 0 Å². The molecule has 0 spiro atoms. The molecule has 17 heavy (non-hydrogen) atoms. The number of rotatable bonds is 4. The van der Waals surface area contributed by atoms with Gasteiger partial charge in [-0.1, -0.05) is 6.42 Å². The van der Waals surface area contributed by atoms with Crippen molar-refractivity contribution in [2.75, 3.05) is 13.7 Å². The Kier molecular flexibility index (Phi) is 3.69. The van der Waals surface area contributed by atoms with Gasteiger partial charge in [0.1, 0.15) is 5.75 Å². The van der Waals surface area contributed by atoms with E-state index >= 15 is 0 Å². The number of aliphatic hydroxyl groups excluding tert-OH is 1. The first-order valence-corrected chi connectivity index (χ1v) is 6.87. The molecule has 1 saturated carbocycles. The molecule has 1 N–H and O–H groups in total. The van der Waals surface area contributed by atoms with Crippen molar-refractivity contribution in [1.82, 2.24) is 0 Å². The standard InChI is InChI=1S/C14H20O2S/c1-10-7-12(16-3)13(8-11(10)2)17-14(9-15)5-4-6-14/h7-8,15H,4-6,9H2,1-3H3. The zero-order valence-electron chi connectivity index (χ0n) is 10.7. The summed E-state index contributed by atoms with van der Waals surface area (Å²) in [5.41, 5.74) is 2.53. The summed E-state index contributed by atoms with van der Waals surface area (Å²) in [6, 6.07) is 4.26. The van der Waals surface area contributed by atoms with E-state index in [0.29, 0.717) is 0 Å². The second-order valence-corrected chi connectivity index (χ2v) is 6.39. The first-order chi connectivity index (χ1) is 8.10. The smallest absolute Gasteiger partial charge is 0.132 e. The van der Waals surface area contributed by atoms with Crippen LogP contribution in [0.15, 0.2) is 17.0 Å². The summed E-state index contributed by atoms with van der Waals surface area (Å²) in [7, 11) is 1.71. The maximum Gasteiger partial charge on any atom is 0.132 e. The molecule has 0 aromatic heterocycles. The Morgan fingerprint density at radius 1 is 1.29 bits per heavy atom. The minimum Gasteiger partial charge on any atom is -0.496 e. The van der Waals surface area contributed by atoms with Crippen LogP contribution in [0.5, 0.6) is 5.75 Å². The number of methoxy groups -OCH3 is 1. The van der Waals surface area contributed by atoms with Gasteiger partial charge in [0.2, 0.25) is 0 Å². The molecule has 1 fully saturated rings. The third-order valence-corrected chi connectivity index (χ3v) is 5.17. The van der Waals surface area contributed by atoms with Gasteiger partial charge in [0.25, 0.3) is 0 Å². The highest BCUT2D eigenvalue weighted by Crippen LogP contribution is 2.49. The minimum atomic E-state index is 0.0367. The molecule has 0 heterocycles. The normalized spacial score (nSPS) is 17.6. The fraction of sp³-hybridized carbons (Fsp3) is 0.571. The van der Waals surface area contributed by atoms with E-state index in [-0.39, 0.29) is 11.4 Å². The number of ether oxygens (including phenoxy) is 1. The lowest BCUT2D eigenvalue weighted by Crippen LogP contribution is -2.37. The van der Waals surface area contributed by atoms with E-state index in [9.17, 15) is 5.11 Å². The van der Waals surface area contributed by atoms with Gasteiger partial charge in [-0.2, -0.15) is 0 Å². The molecule has 2 rings (SSSR count). The maximum atomic E-state index is 9.52. The SMILES string of the molecule is COc1cc(C)c(C)cc1SC1(CO)CCC1. The maximum absolute atomic E-state index is 9.52. The first kappa shape index (κ1) is 12.8. The fourth-order valence-corrected chi connectivity index (χ4v) is 3.60. The molecule has 0 amide bonds. The van der Waals surface area contributed by atoms with E-state index < -0.39 is 0 Å². The van der Waals surface area contributed by atoms with Gasteiger partial charge < -0.3 is 9.84 Å². The van der Waals surface area contributed by atoms with Crippen molar-refractivity contribution in [3.05, 3.63) is 23.3 Å². The van der Waals surface area contributed by atoms with Crippen LogP contribution >= 0.6 is 11.8 Å². The van der Waals surface area contributed by atoms with Crippen LogP contribution in [-0.2, 0) is 0 Å². The molecule has 0 saturated heterocycles. The van der Waals surface area contributed by atoms with Gasteiger partial charge in [-0.25, -0.2) is 0 Å². The summed E-state index contributed by atoms with van der Waals surface area (Å²) in [5, 5.41) is 9.52. The molecule has 1 aromatic rings. The molecule has 1 aliphatic rings. The van der Waals surface area contributed by atoms with Crippen LogP contribution in [0.1, 0.15) is 30.4 Å². The predicted octanol–water partition coefficient (Wildman–Crippen LogP) is 3.32. The van der Waals surface area contributed by atoms with E-state index in [4.69, 9.17) is 4.74 Å². The Morgan fingerprint density at radius 2 is 1.94 bits per heavy atom. The lowest BCUT2D eigenvalue weighted by molar-refractivity contribution is 0.191. The summed E-state index contributed by atoms with van der Waals surface area (Å²) in [6.07, 6.45) is 3.43. The summed E-state index contributed by atoms with van der Waals surface area (Å²) in [4.78, 5) is 1.16. The molecule has 1 aliphatic carbocycles. The highest BCUT2D eigenvalue weighted by Gasteiger charge is 2.38.